The molecule has 0 aromatic heterocycles. The van der Waals surface area contributed by atoms with E-state index in [1.165, 1.54) is 6.07 Å². The molecule has 1 amide bonds. The molecule has 2 unspecified atom stereocenters. The van der Waals surface area contributed by atoms with Gasteiger partial charge >= 0.3 is 0 Å². The molecule has 3 N–H and O–H groups in total. The Morgan fingerprint density at radius 1 is 1.33 bits per heavy atom. The number of nitrogens with one attached hydrogen (secondary N) is 1. The Morgan fingerprint density at radius 2 is 1.89 bits per heavy atom. The number of rotatable bonds is 5. The van der Waals surface area contributed by atoms with E-state index < -0.39 is 17.5 Å². The van der Waals surface area contributed by atoms with Gasteiger partial charge in [-0.2, -0.15) is 0 Å². The van der Waals surface area contributed by atoms with Crippen molar-refractivity contribution < 1.29 is 13.6 Å². The Bertz CT molecular complexity index is 401. The van der Waals surface area contributed by atoms with Crippen LogP contribution in [-0.2, 0) is 11.2 Å². The molecule has 0 aliphatic carbocycles. The molecule has 0 fully saturated rings. The average molecular weight is 256 g/mol. The van der Waals surface area contributed by atoms with Gasteiger partial charge in [0.2, 0.25) is 5.91 Å². The number of halogens is 2. The molecule has 2 atom stereocenters. The van der Waals surface area contributed by atoms with Crippen molar-refractivity contribution in [1.29, 1.82) is 0 Å². The summed E-state index contributed by atoms with van der Waals surface area (Å²) in [5.74, 6) is -1.82. The van der Waals surface area contributed by atoms with Gasteiger partial charge in [0.25, 0.3) is 0 Å². The van der Waals surface area contributed by atoms with Gasteiger partial charge < -0.3 is 11.1 Å². The first-order valence-electron chi connectivity index (χ1n) is 5.88. The van der Waals surface area contributed by atoms with Gasteiger partial charge in [-0.25, -0.2) is 8.78 Å². The molecule has 0 aliphatic rings. The zero-order chi connectivity index (χ0) is 13.7. The molecule has 1 aromatic rings. The molecule has 0 aliphatic heterocycles. The summed E-state index contributed by atoms with van der Waals surface area (Å²) in [6, 6.07) is 3.39. The van der Waals surface area contributed by atoms with E-state index in [2.05, 4.69) is 5.32 Å². The summed E-state index contributed by atoms with van der Waals surface area (Å²) >= 11 is 0. The minimum absolute atomic E-state index is 0.0366. The van der Waals surface area contributed by atoms with Crippen LogP contribution < -0.4 is 11.1 Å². The second-order valence-corrected chi connectivity index (χ2v) is 4.56. The lowest BCUT2D eigenvalue weighted by Crippen LogP contribution is -2.37. The van der Waals surface area contributed by atoms with Crippen molar-refractivity contribution in [3.8, 4) is 0 Å². The van der Waals surface area contributed by atoms with E-state index >= 15 is 0 Å². The highest BCUT2D eigenvalue weighted by molar-refractivity contribution is 5.78. The van der Waals surface area contributed by atoms with Crippen molar-refractivity contribution in [2.45, 2.75) is 38.8 Å². The lowest BCUT2D eigenvalue weighted by molar-refractivity contribution is -0.121. The van der Waals surface area contributed by atoms with Crippen LogP contribution in [0.1, 0.15) is 25.8 Å². The Hall–Kier alpha value is -1.49. The highest BCUT2D eigenvalue weighted by Gasteiger charge is 2.15. The van der Waals surface area contributed by atoms with Crippen LogP contribution in [0.5, 0.6) is 0 Å². The normalized spacial score (nSPS) is 14.1. The Kier molecular flexibility index (Phi) is 5.22. The van der Waals surface area contributed by atoms with E-state index in [0.717, 1.165) is 12.1 Å². The number of hydrogen-bond donors (Lipinski definition) is 2. The third-order valence-corrected chi connectivity index (χ3v) is 2.53. The summed E-state index contributed by atoms with van der Waals surface area (Å²) in [7, 11) is 0. The summed E-state index contributed by atoms with van der Waals surface area (Å²) in [5, 5.41) is 2.66. The quantitative estimate of drug-likeness (QED) is 0.843. The van der Waals surface area contributed by atoms with Crippen molar-refractivity contribution in [2.75, 3.05) is 0 Å². The Balaban J connectivity index is 2.60. The van der Waals surface area contributed by atoms with Crippen LogP contribution in [0.25, 0.3) is 0 Å². The molecular weight excluding hydrogens is 238 g/mol. The lowest BCUT2D eigenvalue weighted by atomic mass is 10.1. The predicted octanol–water partition coefficient (Wildman–Crippen LogP) is 1.75. The van der Waals surface area contributed by atoms with Gasteiger partial charge in [-0.3, -0.25) is 4.79 Å². The minimum Gasteiger partial charge on any atom is -0.353 e. The van der Waals surface area contributed by atoms with Crippen LogP contribution in [0.2, 0.25) is 0 Å². The number of amides is 1. The number of carbonyl (C=O) groups is 1. The molecule has 0 saturated heterocycles. The first-order chi connectivity index (χ1) is 8.40. The van der Waals surface area contributed by atoms with Gasteiger partial charge in [0.1, 0.15) is 11.6 Å². The van der Waals surface area contributed by atoms with Crippen LogP contribution in [0.3, 0.4) is 0 Å². The van der Waals surface area contributed by atoms with Crippen LogP contribution in [0, 0.1) is 11.6 Å². The second kappa shape index (κ2) is 6.44. The SMILES string of the molecule is CC(N)CC(C)NC(=O)Cc1c(F)cccc1F. The monoisotopic (exact) mass is 256 g/mol. The van der Waals surface area contributed by atoms with E-state index in [0.29, 0.717) is 6.42 Å². The first-order valence-corrected chi connectivity index (χ1v) is 5.88. The van der Waals surface area contributed by atoms with Crippen molar-refractivity contribution in [2.24, 2.45) is 5.73 Å². The summed E-state index contributed by atoms with van der Waals surface area (Å²) in [4.78, 5) is 11.6. The fourth-order valence-electron chi connectivity index (χ4n) is 1.80. The molecule has 0 bridgehead atoms. The van der Waals surface area contributed by atoms with Crippen LogP contribution >= 0.6 is 0 Å². The van der Waals surface area contributed by atoms with Gasteiger partial charge in [-0.1, -0.05) is 6.07 Å². The van der Waals surface area contributed by atoms with Gasteiger partial charge in [-0.15, -0.1) is 0 Å². The number of benzene rings is 1. The topological polar surface area (TPSA) is 55.1 Å². The van der Waals surface area contributed by atoms with E-state index in [4.69, 9.17) is 5.73 Å². The maximum Gasteiger partial charge on any atom is 0.224 e. The van der Waals surface area contributed by atoms with Gasteiger partial charge in [0.15, 0.2) is 0 Å². The molecule has 1 rings (SSSR count). The van der Waals surface area contributed by atoms with Gasteiger partial charge in [0.05, 0.1) is 6.42 Å². The molecule has 0 radical (unpaired) electrons. The van der Waals surface area contributed by atoms with Gasteiger partial charge in [0, 0.05) is 17.6 Å². The standard InChI is InChI=1S/C13H18F2N2O/c1-8(16)6-9(2)17-13(18)7-10-11(14)4-3-5-12(10)15/h3-5,8-9H,6-7,16H2,1-2H3,(H,17,18). The minimum atomic E-state index is -0.704. The lowest BCUT2D eigenvalue weighted by Gasteiger charge is -2.16. The molecule has 18 heavy (non-hydrogen) atoms. The molecule has 3 nitrogen and oxygen atoms in total. The highest BCUT2D eigenvalue weighted by atomic mass is 19.1. The summed E-state index contributed by atoms with van der Waals surface area (Å²) < 4.78 is 26.6. The maximum absolute atomic E-state index is 13.3. The van der Waals surface area contributed by atoms with Crippen LogP contribution in [-0.4, -0.2) is 18.0 Å². The third-order valence-electron chi connectivity index (χ3n) is 2.53. The third kappa shape index (κ3) is 4.41. The molecule has 0 heterocycles. The first kappa shape index (κ1) is 14.6. The molecule has 5 heteroatoms. The maximum atomic E-state index is 13.3. The molecule has 0 spiro atoms. The van der Waals surface area contributed by atoms with Crippen molar-refractivity contribution >= 4 is 5.91 Å². The number of hydrogen-bond acceptors (Lipinski definition) is 2. The molecule has 0 saturated carbocycles. The zero-order valence-electron chi connectivity index (χ0n) is 10.5. The number of carbonyl (C=O) groups excluding carboxylic acids is 1. The fourth-order valence-corrected chi connectivity index (χ4v) is 1.80. The second-order valence-electron chi connectivity index (χ2n) is 4.56. The van der Waals surface area contributed by atoms with E-state index in [9.17, 15) is 13.6 Å². The molecular formula is C13H18F2N2O. The zero-order valence-corrected chi connectivity index (χ0v) is 10.5. The van der Waals surface area contributed by atoms with Gasteiger partial charge in [-0.05, 0) is 32.4 Å². The average Bonchev–Trinajstić information content (AvgIpc) is 2.22. The summed E-state index contributed by atoms with van der Waals surface area (Å²) in [6.07, 6.45) is 0.313. The van der Waals surface area contributed by atoms with E-state index in [1.807, 2.05) is 6.92 Å². The molecule has 1 aromatic carbocycles. The summed E-state index contributed by atoms with van der Waals surface area (Å²) in [6.45, 7) is 3.64. The number of nitrogens with two attached hydrogens (primary N) is 1. The van der Waals surface area contributed by atoms with Crippen LogP contribution in [0.4, 0.5) is 8.78 Å². The van der Waals surface area contributed by atoms with Crippen molar-refractivity contribution in [3.05, 3.63) is 35.4 Å². The van der Waals surface area contributed by atoms with Crippen LogP contribution in [0.15, 0.2) is 18.2 Å². The van der Waals surface area contributed by atoms with E-state index in [1.54, 1.807) is 6.92 Å². The summed E-state index contributed by atoms with van der Waals surface area (Å²) in [5.41, 5.74) is 5.39. The smallest absolute Gasteiger partial charge is 0.224 e. The fraction of sp³-hybridized carbons (Fsp3) is 0.462. The predicted molar refractivity (Wildman–Crippen MR) is 65.9 cm³/mol. The molecule has 100 valence electrons. The Morgan fingerprint density at radius 3 is 2.39 bits per heavy atom. The van der Waals surface area contributed by atoms with Crippen molar-refractivity contribution in [1.82, 2.24) is 5.32 Å². The Labute approximate surface area is 105 Å². The van der Waals surface area contributed by atoms with E-state index in [-0.39, 0.29) is 24.1 Å². The highest BCUT2D eigenvalue weighted by Crippen LogP contribution is 2.12. The van der Waals surface area contributed by atoms with Crippen molar-refractivity contribution in [3.63, 3.8) is 0 Å². The largest absolute Gasteiger partial charge is 0.353 e.